The smallest absolute Gasteiger partial charge is 0.311 e. The highest BCUT2D eigenvalue weighted by Gasteiger charge is 2.37. The molecule has 0 bridgehead atoms. The molecule has 1 fully saturated rings. The van der Waals surface area contributed by atoms with Crippen LogP contribution >= 0.6 is 0 Å². The first kappa shape index (κ1) is 17.2. The lowest BCUT2D eigenvalue weighted by Crippen LogP contribution is -2.57. The van der Waals surface area contributed by atoms with Crippen LogP contribution in [0.4, 0.5) is 13.2 Å². The van der Waals surface area contributed by atoms with Gasteiger partial charge in [-0.15, -0.1) is 0 Å². The molecule has 0 saturated carbocycles. The van der Waals surface area contributed by atoms with Crippen molar-refractivity contribution in [1.82, 2.24) is 9.62 Å². The molecule has 2 unspecified atom stereocenters. The second-order valence-corrected chi connectivity index (χ2v) is 7.46. The van der Waals surface area contributed by atoms with Crippen molar-refractivity contribution in [2.24, 2.45) is 0 Å². The molecular formula is C14H19F3N2O2S. The maximum atomic E-state index is 13.0. The average Bonchev–Trinajstić information content (AvgIpc) is 2.40. The van der Waals surface area contributed by atoms with E-state index in [0.29, 0.717) is 6.54 Å². The van der Waals surface area contributed by atoms with Gasteiger partial charge in [0.2, 0.25) is 10.0 Å². The Labute approximate surface area is 128 Å². The highest BCUT2D eigenvalue weighted by molar-refractivity contribution is 7.89. The Morgan fingerprint density at radius 2 is 1.91 bits per heavy atom. The van der Waals surface area contributed by atoms with Crippen LogP contribution in [-0.4, -0.2) is 37.9 Å². The van der Waals surface area contributed by atoms with Gasteiger partial charge in [-0.25, -0.2) is 8.42 Å². The van der Waals surface area contributed by atoms with Crippen LogP contribution in [0.3, 0.4) is 0 Å². The van der Waals surface area contributed by atoms with Crippen LogP contribution in [0.15, 0.2) is 23.1 Å². The van der Waals surface area contributed by atoms with Crippen LogP contribution in [-0.2, 0) is 16.2 Å². The van der Waals surface area contributed by atoms with Crippen LogP contribution in [0.25, 0.3) is 0 Å². The van der Waals surface area contributed by atoms with E-state index in [1.807, 2.05) is 6.92 Å². The number of nitrogens with one attached hydrogen (secondary N) is 1. The molecule has 4 nitrogen and oxygen atoms in total. The molecule has 1 aliphatic rings. The number of nitrogens with zero attached hydrogens (tertiary/aromatic N) is 1. The van der Waals surface area contributed by atoms with E-state index in [4.69, 9.17) is 0 Å². The molecule has 0 aromatic heterocycles. The van der Waals surface area contributed by atoms with Crippen molar-refractivity contribution in [3.63, 3.8) is 0 Å². The van der Waals surface area contributed by atoms with Crippen molar-refractivity contribution in [1.29, 1.82) is 0 Å². The number of alkyl halides is 3. The number of hydrogen-bond donors (Lipinski definition) is 1. The number of sulfonamides is 1. The van der Waals surface area contributed by atoms with E-state index in [2.05, 4.69) is 5.32 Å². The third-order valence-corrected chi connectivity index (χ3v) is 6.08. The molecule has 0 aliphatic carbocycles. The molecule has 22 heavy (non-hydrogen) atoms. The highest BCUT2D eigenvalue weighted by Crippen LogP contribution is 2.34. The van der Waals surface area contributed by atoms with E-state index in [1.54, 1.807) is 6.92 Å². The first-order valence-corrected chi connectivity index (χ1v) is 8.42. The lowest BCUT2D eigenvalue weighted by Gasteiger charge is -2.37. The Balaban J connectivity index is 2.46. The second-order valence-electron chi connectivity index (χ2n) is 5.57. The summed E-state index contributed by atoms with van der Waals surface area (Å²) in [5.74, 6) is 0. The summed E-state index contributed by atoms with van der Waals surface area (Å²) < 4.78 is 65.5. The summed E-state index contributed by atoms with van der Waals surface area (Å²) in [4.78, 5) is -0.314. The third-order valence-electron chi connectivity index (χ3n) is 4.10. The van der Waals surface area contributed by atoms with Gasteiger partial charge in [0.1, 0.15) is 0 Å². The highest BCUT2D eigenvalue weighted by atomic mass is 32.2. The summed E-state index contributed by atoms with van der Waals surface area (Å²) in [6.07, 6.45) is -4.57. The number of halogens is 3. The van der Waals surface area contributed by atoms with Gasteiger partial charge in [0.05, 0.1) is 10.5 Å². The van der Waals surface area contributed by atoms with Gasteiger partial charge in [-0.05, 0) is 38.5 Å². The Kier molecular flexibility index (Phi) is 4.56. The van der Waals surface area contributed by atoms with Gasteiger partial charge in [0.25, 0.3) is 0 Å². The van der Waals surface area contributed by atoms with Crippen molar-refractivity contribution in [3.8, 4) is 0 Å². The zero-order valence-corrected chi connectivity index (χ0v) is 13.4. The monoisotopic (exact) mass is 336 g/mol. The summed E-state index contributed by atoms with van der Waals surface area (Å²) >= 11 is 0. The fraction of sp³-hybridized carbons (Fsp3) is 0.571. The summed E-state index contributed by atoms with van der Waals surface area (Å²) in [7, 11) is -3.95. The fourth-order valence-corrected chi connectivity index (χ4v) is 4.30. The van der Waals surface area contributed by atoms with E-state index >= 15 is 0 Å². The van der Waals surface area contributed by atoms with Gasteiger partial charge in [-0.3, -0.25) is 0 Å². The lowest BCUT2D eigenvalue weighted by atomic mass is 10.1. The minimum absolute atomic E-state index is 0.00757. The Morgan fingerprint density at radius 1 is 1.27 bits per heavy atom. The molecule has 2 rings (SSSR count). The molecule has 8 heteroatoms. The van der Waals surface area contributed by atoms with E-state index in [-0.39, 0.29) is 29.1 Å². The van der Waals surface area contributed by atoms with Crippen molar-refractivity contribution in [3.05, 3.63) is 29.3 Å². The largest absolute Gasteiger partial charge is 0.416 e. The van der Waals surface area contributed by atoms with Gasteiger partial charge in [-0.2, -0.15) is 17.5 Å². The van der Waals surface area contributed by atoms with Crippen LogP contribution in [0.5, 0.6) is 0 Å². The molecule has 1 aliphatic heterocycles. The zero-order valence-electron chi connectivity index (χ0n) is 12.6. The Bertz CT molecular complexity index is 659. The fourth-order valence-electron chi connectivity index (χ4n) is 2.57. The summed E-state index contributed by atoms with van der Waals surface area (Å²) in [6.45, 7) is 5.62. The van der Waals surface area contributed by atoms with Crippen molar-refractivity contribution in [2.75, 3.05) is 13.1 Å². The van der Waals surface area contributed by atoms with Gasteiger partial charge < -0.3 is 5.32 Å². The van der Waals surface area contributed by atoms with Gasteiger partial charge in [0, 0.05) is 25.2 Å². The zero-order chi connectivity index (χ0) is 16.7. The second kappa shape index (κ2) is 5.82. The third kappa shape index (κ3) is 3.13. The van der Waals surface area contributed by atoms with Crippen molar-refractivity contribution < 1.29 is 21.6 Å². The molecule has 1 aromatic rings. The number of piperazine rings is 1. The minimum atomic E-state index is -4.57. The predicted molar refractivity (Wildman–Crippen MR) is 77.0 cm³/mol. The lowest BCUT2D eigenvalue weighted by molar-refractivity contribution is -0.138. The number of rotatable bonds is 2. The molecule has 0 amide bonds. The van der Waals surface area contributed by atoms with Gasteiger partial charge >= 0.3 is 6.18 Å². The van der Waals surface area contributed by atoms with Gasteiger partial charge in [0.15, 0.2) is 0 Å². The van der Waals surface area contributed by atoms with Crippen LogP contribution < -0.4 is 5.32 Å². The van der Waals surface area contributed by atoms with E-state index in [0.717, 1.165) is 6.07 Å². The van der Waals surface area contributed by atoms with E-state index in [1.165, 1.54) is 23.4 Å². The molecular weight excluding hydrogens is 317 g/mol. The van der Waals surface area contributed by atoms with E-state index < -0.39 is 21.8 Å². The number of benzene rings is 1. The number of aryl methyl sites for hydroxylation is 1. The quantitative estimate of drug-likeness (QED) is 0.902. The molecule has 2 atom stereocenters. The maximum absolute atomic E-state index is 13.0. The SMILES string of the molecule is Cc1ccc(S(=O)(=O)N2CCNC(C)C2C)cc1C(F)(F)F. The Morgan fingerprint density at radius 3 is 2.50 bits per heavy atom. The van der Waals surface area contributed by atoms with Crippen molar-refractivity contribution >= 4 is 10.0 Å². The molecule has 1 N–H and O–H groups in total. The van der Waals surface area contributed by atoms with Gasteiger partial charge in [-0.1, -0.05) is 6.07 Å². The normalized spacial score (nSPS) is 24.5. The molecule has 1 saturated heterocycles. The maximum Gasteiger partial charge on any atom is 0.416 e. The standard InChI is InChI=1S/C14H19F3N2O2S/c1-9-4-5-12(8-13(9)14(15,16)17)22(20,21)19-7-6-18-10(2)11(19)3/h4-5,8,10-11,18H,6-7H2,1-3H3. The first-order chi connectivity index (χ1) is 10.0. The first-order valence-electron chi connectivity index (χ1n) is 6.98. The average molecular weight is 336 g/mol. The van der Waals surface area contributed by atoms with Crippen LogP contribution in [0.2, 0.25) is 0 Å². The van der Waals surface area contributed by atoms with Crippen molar-refractivity contribution in [2.45, 2.75) is 43.9 Å². The Hall–Kier alpha value is -1.12. The molecule has 1 heterocycles. The predicted octanol–water partition coefficient (Wildman–Crippen LogP) is 2.38. The van der Waals surface area contributed by atoms with Crippen LogP contribution in [0, 0.1) is 6.92 Å². The number of hydrogen-bond acceptors (Lipinski definition) is 3. The van der Waals surface area contributed by atoms with Crippen LogP contribution in [0.1, 0.15) is 25.0 Å². The van der Waals surface area contributed by atoms with E-state index in [9.17, 15) is 21.6 Å². The molecule has 0 radical (unpaired) electrons. The topological polar surface area (TPSA) is 49.4 Å². The molecule has 0 spiro atoms. The summed E-state index contributed by atoms with van der Waals surface area (Å²) in [5.41, 5.74) is -0.905. The minimum Gasteiger partial charge on any atom is -0.311 e. The molecule has 124 valence electrons. The summed E-state index contributed by atoms with van der Waals surface area (Å²) in [5, 5.41) is 3.14. The molecule has 1 aromatic carbocycles. The summed E-state index contributed by atoms with van der Waals surface area (Å²) in [6, 6.07) is 2.78.